The molecule has 1 saturated carbocycles. The van der Waals surface area contributed by atoms with Crippen molar-refractivity contribution in [3.63, 3.8) is 0 Å². The number of hydrogen-bond donors (Lipinski definition) is 1. The van der Waals surface area contributed by atoms with Crippen LogP contribution >= 0.6 is 0 Å². The van der Waals surface area contributed by atoms with Crippen molar-refractivity contribution >= 4 is 10.8 Å². The van der Waals surface area contributed by atoms with Crippen molar-refractivity contribution in [2.24, 2.45) is 11.1 Å². The average molecular weight is 267 g/mol. The number of benzene rings is 2. The molecular weight excluding hydrogens is 242 g/mol. The maximum absolute atomic E-state index is 6.20. The molecule has 1 aliphatic carbocycles. The van der Waals surface area contributed by atoms with Crippen LogP contribution in [-0.4, -0.2) is 6.54 Å². The topological polar surface area (TPSA) is 26.0 Å². The molecule has 0 bridgehead atoms. The molecule has 0 atom stereocenters. The largest absolute Gasteiger partial charge is 0.330 e. The lowest BCUT2D eigenvalue weighted by Gasteiger charge is -2.32. The van der Waals surface area contributed by atoms with Crippen molar-refractivity contribution in [1.82, 2.24) is 0 Å². The summed E-state index contributed by atoms with van der Waals surface area (Å²) in [6, 6.07) is 15.4. The van der Waals surface area contributed by atoms with E-state index in [1.54, 1.807) is 0 Å². The predicted molar refractivity (Wildman–Crippen MR) is 86.8 cm³/mol. The normalized spacial score (nSPS) is 18.9. The Kier molecular flexibility index (Phi) is 4.07. The van der Waals surface area contributed by atoms with Gasteiger partial charge >= 0.3 is 0 Å². The molecule has 0 radical (unpaired) electrons. The highest BCUT2D eigenvalue weighted by Crippen LogP contribution is 2.38. The van der Waals surface area contributed by atoms with E-state index in [4.69, 9.17) is 5.73 Å². The molecule has 1 nitrogen and oxygen atoms in total. The van der Waals surface area contributed by atoms with Gasteiger partial charge in [-0.15, -0.1) is 0 Å². The number of hydrogen-bond acceptors (Lipinski definition) is 1. The second-order valence-corrected chi connectivity index (χ2v) is 6.43. The molecule has 0 amide bonds. The van der Waals surface area contributed by atoms with E-state index in [1.165, 1.54) is 54.9 Å². The van der Waals surface area contributed by atoms with Crippen molar-refractivity contribution in [2.75, 3.05) is 6.54 Å². The van der Waals surface area contributed by atoms with Crippen LogP contribution in [0.3, 0.4) is 0 Å². The predicted octanol–water partition coefficient (Wildman–Crippen LogP) is 4.68. The van der Waals surface area contributed by atoms with Gasteiger partial charge in [0.2, 0.25) is 0 Å². The third-order valence-electron chi connectivity index (χ3n) is 5.04. The summed E-state index contributed by atoms with van der Waals surface area (Å²) >= 11 is 0. The highest BCUT2D eigenvalue weighted by Gasteiger charge is 2.30. The number of nitrogens with two attached hydrogens (primary N) is 1. The van der Waals surface area contributed by atoms with Gasteiger partial charge in [0.1, 0.15) is 0 Å². The van der Waals surface area contributed by atoms with Crippen LogP contribution in [0, 0.1) is 5.41 Å². The van der Waals surface area contributed by atoms with Gasteiger partial charge in [0, 0.05) is 0 Å². The summed E-state index contributed by atoms with van der Waals surface area (Å²) in [7, 11) is 0. The summed E-state index contributed by atoms with van der Waals surface area (Å²) in [6.07, 6.45) is 9.21. The van der Waals surface area contributed by atoms with Crippen molar-refractivity contribution in [2.45, 2.75) is 44.9 Å². The van der Waals surface area contributed by atoms with Gasteiger partial charge in [-0.3, -0.25) is 0 Å². The van der Waals surface area contributed by atoms with Crippen molar-refractivity contribution in [3.8, 4) is 0 Å². The summed E-state index contributed by atoms with van der Waals surface area (Å²) in [4.78, 5) is 0. The Bertz CT molecular complexity index is 559. The summed E-state index contributed by atoms with van der Waals surface area (Å²) < 4.78 is 0. The van der Waals surface area contributed by atoms with E-state index in [-0.39, 0.29) is 0 Å². The van der Waals surface area contributed by atoms with E-state index in [9.17, 15) is 0 Å². The molecule has 0 spiro atoms. The Labute approximate surface area is 122 Å². The van der Waals surface area contributed by atoms with Crippen LogP contribution in [0.25, 0.3) is 10.8 Å². The van der Waals surface area contributed by atoms with Crippen LogP contribution in [0.15, 0.2) is 42.5 Å². The van der Waals surface area contributed by atoms with Crippen LogP contribution in [0.5, 0.6) is 0 Å². The molecule has 0 heterocycles. The Morgan fingerprint density at radius 2 is 1.55 bits per heavy atom. The van der Waals surface area contributed by atoms with Gasteiger partial charge in [-0.1, -0.05) is 68.1 Å². The zero-order chi connectivity index (χ0) is 13.8. The molecule has 1 fully saturated rings. The SMILES string of the molecule is NCC1(Cc2cccc3ccccc23)CCCCCC1. The Morgan fingerprint density at radius 1 is 0.850 bits per heavy atom. The van der Waals surface area contributed by atoms with Crippen LogP contribution in [0.1, 0.15) is 44.1 Å². The molecule has 0 aromatic heterocycles. The molecule has 1 aliphatic rings. The minimum atomic E-state index is 0.334. The molecule has 0 unspecified atom stereocenters. The minimum Gasteiger partial charge on any atom is -0.330 e. The first-order chi connectivity index (χ1) is 9.83. The first kappa shape index (κ1) is 13.6. The van der Waals surface area contributed by atoms with Crippen molar-refractivity contribution in [1.29, 1.82) is 0 Å². The fraction of sp³-hybridized carbons (Fsp3) is 0.474. The quantitative estimate of drug-likeness (QED) is 0.803. The van der Waals surface area contributed by atoms with Gasteiger partial charge in [0.15, 0.2) is 0 Å². The van der Waals surface area contributed by atoms with E-state index in [0.29, 0.717) is 5.41 Å². The van der Waals surface area contributed by atoms with E-state index in [0.717, 1.165) is 13.0 Å². The summed E-state index contributed by atoms with van der Waals surface area (Å²) in [5, 5.41) is 2.76. The standard InChI is InChI=1S/C19H25N/c20-15-19(12-5-1-2-6-13-19)14-17-10-7-9-16-8-3-4-11-18(16)17/h3-4,7-11H,1-2,5-6,12-15,20H2. The third-order valence-corrected chi connectivity index (χ3v) is 5.04. The van der Waals surface area contributed by atoms with Gasteiger partial charge in [0.25, 0.3) is 0 Å². The van der Waals surface area contributed by atoms with E-state index >= 15 is 0 Å². The summed E-state index contributed by atoms with van der Waals surface area (Å²) in [5.41, 5.74) is 8.02. The molecule has 106 valence electrons. The zero-order valence-electron chi connectivity index (χ0n) is 12.3. The van der Waals surface area contributed by atoms with Gasteiger partial charge in [-0.05, 0) is 47.6 Å². The number of rotatable bonds is 3. The molecule has 0 aliphatic heterocycles. The molecular formula is C19H25N. The van der Waals surface area contributed by atoms with Gasteiger partial charge in [0.05, 0.1) is 0 Å². The smallest absolute Gasteiger partial charge is 0.00173 e. The van der Waals surface area contributed by atoms with Crippen molar-refractivity contribution in [3.05, 3.63) is 48.0 Å². The highest BCUT2D eigenvalue weighted by atomic mass is 14.6. The first-order valence-corrected chi connectivity index (χ1v) is 8.00. The number of fused-ring (bicyclic) bond motifs is 1. The van der Waals surface area contributed by atoms with Crippen LogP contribution < -0.4 is 5.73 Å². The van der Waals surface area contributed by atoms with Gasteiger partial charge in [-0.25, -0.2) is 0 Å². The van der Waals surface area contributed by atoms with E-state index in [1.807, 2.05) is 0 Å². The first-order valence-electron chi connectivity index (χ1n) is 8.00. The molecule has 20 heavy (non-hydrogen) atoms. The summed E-state index contributed by atoms with van der Waals surface area (Å²) in [6.45, 7) is 0.830. The van der Waals surface area contributed by atoms with Gasteiger partial charge in [-0.2, -0.15) is 0 Å². The molecule has 2 aromatic rings. The summed E-state index contributed by atoms with van der Waals surface area (Å²) in [5.74, 6) is 0. The third kappa shape index (κ3) is 2.73. The van der Waals surface area contributed by atoms with Gasteiger partial charge < -0.3 is 5.73 Å². The second-order valence-electron chi connectivity index (χ2n) is 6.43. The molecule has 3 rings (SSSR count). The zero-order valence-corrected chi connectivity index (χ0v) is 12.3. The van der Waals surface area contributed by atoms with Crippen LogP contribution in [0.4, 0.5) is 0 Å². The minimum absolute atomic E-state index is 0.334. The molecule has 2 N–H and O–H groups in total. The Hall–Kier alpha value is -1.34. The van der Waals surface area contributed by atoms with Crippen LogP contribution in [0.2, 0.25) is 0 Å². The van der Waals surface area contributed by atoms with Crippen molar-refractivity contribution < 1.29 is 0 Å². The fourth-order valence-corrected chi connectivity index (χ4v) is 3.78. The Balaban J connectivity index is 1.94. The Morgan fingerprint density at radius 3 is 2.30 bits per heavy atom. The lowest BCUT2D eigenvalue weighted by molar-refractivity contribution is 0.253. The molecule has 0 saturated heterocycles. The maximum Gasteiger partial charge on any atom is -0.00173 e. The average Bonchev–Trinajstić information content (AvgIpc) is 2.74. The molecule has 2 aromatic carbocycles. The lowest BCUT2D eigenvalue weighted by atomic mass is 9.75. The fourth-order valence-electron chi connectivity index (χ4n) is 3.78. The monoisotopic (exact) mass is 267 g/mol. The molecule has 1 heteroatoms. The van der Waals surface area contributed by atoms with E-state index < -0.39 is 0 Å². The lowest BCUT2D eigenvalue weighted by Crippen LogP contribution is -2.32. The second kappa shape index (κ2) is 5.97. The van der Waals surface area contributed by atoms with E-state index in [2.05, 4.69) is 42.5 Å². The highest BCUT2D eigenvalue weighted by molar-refractivity contribution is 5.85. The van der Waals surface area contributed by atoms with Crippen LogP contribution in [-0.2, 0) is 6.42 Å². The maximum atomic E-state index is 6.20.